The molecule has 10 nitrogen and oxygen atoms in total. The van der Waals surface area contributed by atoms with Crippen molar-refractivity contribution >= 4 is 41.2 Å². The summed E-state index contributed by atoms with van der Waals surface area (Å²) in [5.74, 6) is -0.112. The second-order valence-electron chi connectivity index (χ2n) is 6.32. The second-order valence-corrected chi connectivity index (χ2v) is 8.37. The Balaban J connectivity index is 1.76. The van der Waals surface area contributed by atoms with Gasteiger partial charge in [-0.1, -0.05) is 11.8 Å². The third-order valence-corrected chi connectivity index (χ3v) is 7.16. The van der Waals surface area contributed by atoms with Crippen molar-refractivity contribution in [2.45, 2.75) is 37.0 Å². The topological polar surface area (TPSA) is 133 Å². The second kappa shape index (κ2) is 7.53. The molecule has 1 aromatic heterocycles. The van der Waals surface area contributed by atoms with Crippen LogP contribution in [0, 0.1) is 5.41 Å². The van der Waals surface area contributed by atoms with Crippen LogP contribution in [0.15, 0.2) is 5.16 Å². The Bertz CT molecular complexity index is 728. The van der Waals surface area contributed by atoms with Gasteiger partial charge < -0.3 is 15.4 Å². The van der Waals surface area contributed by atoms with Gasteiger partial charge in [0, 0.05) is 24.6 Å². The summed E-state index contributed by atoms with van der Waals surface area (Å²) >= 11 is 2.80. The third-order valence-electron chi connectivity index (χ3n) is 4.30. The number of fused-ring (bicyclic) bond motifs is 1. The minimum atomic E-state index is -0.943. The predicted octanol–water partition coefficient (Wildman–Crippen LogP) is -0.854. The molecular weight excluding hydrogens is 380 g/mol. The summed E-state index contributed by atoms with van der Waals surface area (Å²) in [6, 6.07) is -0.522. The first-order valence-corrected chi connectivity index (χ1v) is 10.1. The van der Waals surface area contributed by atoms with Crippen molar-refractivity contribution in [1.82, 2.24) is 25.1 Å². The summed E-state index contributed by atoms with van der Waals surface area (Å²) in [6.07, 6.45) is 0. The van der Waals surface area contributed by atoms with Crippen molar-refractivity contribution in [3.63, 3.8) is 0 Å². The molecule has 0 bridgehead atoms. The summed E-state index contributed by atoms with van der Waals surface area (Å²) in [7, 11) is 0. The van der Waals surface area contributed by atoms with E-state index in [1.165, 1.54) is 30.4 Å². The van der Waals surface area contributed by atoms with Gasteiger partial charge in [0.15, 0.2) is 5.78 Å². The number of β-lactam (4-membered cyclic amide) rings is 1. The molecule has 3 atom stereocenters. The monoisotopic (exact) mass is 400 g/mol. The van der Waals surface area contributed by atoms with Gasteiger partial charge in [0.1, 0.15) is 23.4 Å². The predicted molar refractivity (Wildman–Crippen MR) is 94.2 cm³/mol. The lowest BCUT2D eigenvalue weighted by Crippen LogP contribution is -2.72. The number of thioether (sulfide) groups is 2. The standard InChI is InChI=1S/C14H20N6O4S2/c1-3-20-13(16-17-18-20)26-7-14(12(23)24-4-8(2)21)5-19-10(22)9(15)11(19)25-6-14/h9,11H,3-7,15H2,1-2H3/t9?,11-,14?/m1/s1. The fraction of sp³-hybridized carbons (Fsp3) is 0.714. The maximum atomic E-state index is 12.8. The Morgan fingerprint density at radius 1 is 1.50 bits per heavy atom. The molecule has 1 aromatic rings. The van der Waals surface area contributed by atoms with Crippen LogP contribution < -0.4 is 5.73 Å². The van der Waals surface area contributed by atoms with E-state index in [0.29, 0.717) is 23.2 Å². The Kier molecular flexibility index (Phi) is 5.53. The molecule has 3 heterocycles. The quantitative estimate of drug-likeness (QED) is 0.350. The van der Waals surface area contributed by atoms with Gasteiger partial charge in [-0.3, -0.25) is 14.4 Å². The van der Waals surface area contributed by atoms with Gasteiger partial charge in [-0.2, -0.15) is 0 Å². The van der Waals surface area contributed by atoms with E-state index in [-0.39, 0.29) is 30.2 Å². The number of nitrogens with zero attached hydrogens (tertiary/aromatic N) is 5. The van der Waals surface area contributed by atoms with E-state index in [9.17, 15) is 14.4 Å². The van der Waals surface area contributed by atoms with E-state index in [1.54, 1.807) is 9.58 Å². The van der Waals surface area contributed by atoms with Crippen LogP contribution in [0.2, 0.25) is 0 Å². The van der Waals surface area contributed by atoms with Crippen molar-refractivity contribution in [3.05, 3.63) is 0 Å². The van der Waals surface area contributed by atoms with E-state index in [2.05, 4.69) is 15.5 Å². The zero-order valence-electron chi connectivity index (χ0n) is 14.5. The summed E-state index contributed by atoms with van der Waals surface area (Å²) in [6.45, 7) is 3.81. The van der Waals surface area contributed by atoms with Crippen LogP contribution in [-0.2, 0) is 25.7 Å². The maximum Gasteiger partial charge on any atom is 0.316 e. The van der Waals surface area contributed by atoms with E-state index in [4.69, 9.17) is 10.5 Å². The Morgan fingerprint density at radius 2 is 2.27 bits per heavy atom. The van der Waals surface area contributed by atoms with Crippen LogP contribution in [0.3, 0.4) is 0 Å². The first-order chi connectivity index (χ1) is 12.4. The Hall–Kier alpha value is -1.66. The van der Waals surface area contributed by atoms with Gasteiger partial charge in [0.25, 0.3) is 0 Å². The average Bonchev–Trinajstić information content (AvgIpc) is 3.11. The minimum Gasteiger partial charge on any atom is -0.457 e. The molecule has 2 aliphatic rings. The van der Waals surface area contributed by atoms with Crippen LogP contribution in [0.25, 0.3) is 0 Å². The smallest absolute Gasteiger partial charge is 0.316 e. The Morgan fingerprint density at radius 3 is 2.96 bits per heavy atom. The zero-order chi connectivity index (χ0) is 18.9. The number of tetrazole rings is 1. The fourth-order valence-electron chi connectivity index (χ4n) is 2.82. The molecule has 0 saturated carbocycles. The van der Waals surface area contributed by atoms with E-state index < -0.39 is 17.4 Å². The third kappa shape index (κ3) is 3.45. The molecule has 26 heavy (non-hydrogen) atoms. The molecule has 12 heteroatoms. The molecule has 0 aromatic carbocycles. The average molecular weight is 400 g/mol. The molecule has 3 rings (SSSR count). The van der Waals surface area contributed by atoms with Crippen molar-refractivity contribution in [1.29, 1.82) is 0 Å². The van der Waals surface area contributed by atoms with Gasteiger partial charge in [0.05, 0.1) is 0 Å². The highest BCUT2D eigenvalue weighted by atomic mass is 32.2. The maximum absolute atomic E-state index is 12.8. The lowest BCUT2D eigenvalue weighted by Gasteiger charge is -2.53. The number of ketones is 1. The number of carbonyl (C=O) groups is 3. The minimum absolute atomic E-state index is 0.109. The normalized spacial score (nSPS) is 27.7. The SMILES string of the molecule is CCn1nnnc1SCC1(C(=O)OCC(C)=O)CS[C@@H]2C(N)C(=O)N2C1. The van der Waals surface area contributed by atoms with Crippen LogP contribution in [0.4, 0.5) is 0 Å². The molecule has 2 fully saturated rings. The Labute approximate surface area is 158 Å². The summed E-state index contributed by atoms with van der Waals surface area (Å²) < 4.78 is 6.83. The molecule has 2 saturated heterocycles. The first kappa shape index (κ1) is 19.1. The van der Waals surface area contributed by atoms with E-state index in [1.807, 2.05) is 6.92 Å². The molecule has 142 valence electrons. The van der Waals surface area contributed by atoms with Crippen LogP contribution >= 0.6 is 23.5 Å². The van der Waals surface area contributed by atoms with Gasteiger partial charge in [0.2, 0.25) is 11.1 Å². The lowest BCUT2D eigenvalue weighted by molar-refractivity contribution is -0.161. The highest BCUT2D eigenvalue weighted by Gasteiger charge is 2.56. The number of amides is 1. The number of aryl methyl sites for hydroxylation is 1. The molecule has 2 N–H and O–H groups in total. The largest absolute Gasteiger partial charge is 0.457 e. The number of ether oxygens (including phenoxy) is 1. The van der Waals surface area contributed by atoms with Crippen molar-refractivity contribution in [3.8, 4) is 0 Å². The van der Waals surface area contributed by atoms with Crippen molar-refractivity contribution in [2.75, 3.05) is 24.7 Å². The number of carbonyl (C=O) groups excluding carboxylic acids is 3. The number of aromatic nitrogens is 4. The van der Waals surface area contributed by atoms with Gasteiger partial charge in [-0.05, 0) is 24.3 Å². The van der Waals surface area contributed by atoms with Crippen LogP contribution in [0.5, 0.6) is 0 Å². The number of nitrogens with two attached hydrogens (primary N) is 1. The van der Waals surface area contributed by atoms with Gasteiger partial charge >= 0.3 is 5.97 Å². The number of esters is 1. The summed E-state index contributed by atoms with van der Waals surface area (Å²) in [4.78, 5) is 37.6. The molecule has 1 amide bonds. The molecule has 2 unspecified atom stereocenters. The number of Topliss-reactive ketones (excluding diaryl/α,β-unsaturated/α-hetero) is 1. The highest BCUT2D eigenvalue weighted by molar-refractivity contribution is 8.00. The molecular formula is C14H20N6O4S2. The molecule has 0 aliphatic carbocycles. The van der Waals surface area contributed by atoms with Gasteiger partial charge in [-0.15, -0.1) is 16.9 Å². The van der Waals surface area contributed by atoms with Crippen molar-refractivity contribution in [2.24, 2.45) is 11.1 Å². The zero-order valence-corrected chi connectivity index (χ0v) is 16.1. The van der Waals surface area contributed by atoms with Gasteiger partial charge in [-0.25, -0.2) is 4.68 Å². The lowest BCUT2D eigenvalue weighted by atomic mass is 9.89. The number of rotatable bonds is 7. The molecule has 0 spiro atoms. The molecule has 2 aliphatic heterocycles. The number of hydrogen-bond donors (Lipinski definition) is 1. The summed E-state index contributed by atoms with van der Waals surface area (Å²) in [5, 5.41) is 12.0. The first-order valence-electron chi connectivity index (χ1n) is 8.11. The van der Waals surface area contributed by atoms with Crippen LogP contribution in [0.1, 0.15) is 13.8 Å². The fourth-order valence-corrected chi connectivity index (χ4v) is 5.56. The van der Waals surface area contributed by atoms with Crippen LogP contribution in [-0.4, -0.2) is 78.8 Å². The van der Waals surface area contributed by atoms with E-state index >= 15 is 0 Å². The highest BCUT2D eigenvalue weighted by Crippen LogP contribution is 2.44. The van der Waals surface area contributed by atoms with Crippen molar-refractivity contribution < 1.29 is 19.1 Å². The molecule has 0 radical (unpaired) electrons. The summed E-state index contributed by atoms with van der Waals surface area (Å²) in [5.41, 5.74) is 4.88. The number of hydrogen-bond acceptors (Lipinski definition) is 10. The van der Waals surface area contributed by atoms with E-state index in [0.717, 1.165) is 0 Å².